The molecule has 4 heterocycles. The Balaban J connectivity index is 1.57. The normalized spacial score (nSPS) is 13.1. The zero-order chi connectivity index (χ0) is 19.3. The number of hydrogen-bond acceptors (Lipinski definition) is 5. The zero-order valence-corrected chi connectivity index (χ0v) is 16.3. The van der Waals surface area contributed by atoms with Crippen LogP contribution in [0.1, 0.15) is 32.2 Å². The Morgan fingerprint density at radius 3 is 2.64 bits per heavy atom. The molecule has 4 aromatic rings. The molecule has 0 saturated carbocycles. The Morgan fingerprint density at radius 1 is 1.11 bits per heavy atom. The molecule has 8 heteroatoms. The van der Waals surface area contributed by atoms with Crippen LogP contribution in [-0.2, 0) is 13.1 Å². The molecule has 1 aliphatic rings. The van der Waals surface area contributed by atoms with E-state index in [1.54, 1.807) is 0 Å². The molecule has 0 atom stereocenters. The quantitative estimate of drug-likeness (QED) is 0.538. The van der Waals surface area contributed by atoms with Crippen LogP contribution < -0.4 is 0 Å². The molecule has 1 amide bonds. The summed E-state index contributed by atoms with van der Waals surface area (Å²) in [5, 5.41) is 8.83. The van der Waals surface area contributed by atoms with E-state index in [-0.39, 0.29) is 5.91 Å². The summed E-state index contributed by atoms with van der Waals surface area (Å²) in [6.45, 7) is 4.89. The summed E-state index contributed by atoms with van der Waals surface area (Å²) in [6, 6.07) is 12.3. The van der Waals surface area contributed by atoms with Crippen LogP contribution in [0.5, 0.6) is 0 Å². The van der Waals surface area contributed by atoms with Crippen LogP contribution in [-0.4, -0.2) is 34.7 Å². The molecule has 0 spiro atoms. The molecule has 3 aromatic heterocycles. The van der Waals surface area contributed by atoms with Gasteiger partial charge >= 0.3 is 0 Å². The van der Waals surface area contributed by atoms with Crippen molar-refractivity contribution in [3.63, 3.8) is 0 Å². The van der Waals surface area contributed by atoms with Gasteiger partial charge in [0.2, 0.25) is 0 Å². The summed E-state index contributed by atoms with van der Waals surface area (Å²) < 4.78 is 7.92. The van der Waals surface area contributed by atoms with Crippen molar-refractivity contribution in [1.29, 1.82) is 0 Å². The highest BCUT2D eigenvalue weighted by Crippen LogP contribution is 2.32. The lowest BCUT2D eigenvalue weighted by Gasteiger charge is -2.17. The van der Waals surface area contributed by atoms with Crippen LogP contribution >= 0.6 is 11.5 Å². The molecule has 0 fully saturated rings. The van der Waals surface area contributed by atoms with Gasteiger partial charge in [0.25, 0.3) is 5.91 Å². The van der Waals surface area contributed by atoms with E-state index in [0.717, 1.165) is 34.3 Å². The minimum Gasteiger partial charge on any atom is -0.327 e. The summed E-state index contributed by atoms with van der Waals surface area (Å²) >= 11 is 1.15. The number of hydrogen-bond donors (Lipinski definition) is 0. The molecular formula is C20H18N6OS. The van der Waals surface area contributed by atoms with E-state index in [4.69, 9.17) is 5.10 Å². The maximum Gasteiger partial charge on any atom is 0.268 e. The molecule has 5 rings (SSSR count). The first-order chi connectivity index (χ1) is 13.6. The van der Waals surface area contributed by atoms with Crippen molar-refractivity contribution in [1.82, 2.24) is 28.8 Å². The second-order valence-electron chi connectivity index (χ2n) is 6.94. The lowest BCUT2D eigenvalue weighted by Crippen LogP contribution is -2.26. The number of aryl methyl sites for hydroxylation is 2. The number of nitrogens with zero attached hydrogens (tertiary/aromatic N) is 6. The summed E-state index contributed by atoms with van der Waals surface area (Å²) in [5.41, 5.74) is 4.86. The molecule has 0 saturated heterocycles. The van der Waals surface area contributed by atoms with Gasteiger partial charge in [-0.25, -0.2) is 4.68 Å². The van der Waals surface area contributed by atoms with Crippen molar-refractivity contribution in [3.05, 3.63) is 76.2 Å². The lowest BCUT2D eigenvalue weighted by molar-refractivity contribution is 0.0753. The fourth-order valence-electron chi connectivity index (χ4n) is 3.60. The van der Waals surface area contributed by atoms with E-state index in [1.807, 2.05) is 47.1 Å². The predicted molar refractivity (Wildman–Crippen MR) is 106 cm³/mol. The van der Waals surface area contributed by atoms with E-state index in [2.05, 4.69) is 39.3 Å². The third-order valence-electron chi connectivity index (χ3n) is 4.96. The standard InChI is InChI=1S/C20H18N6OS/c1-13-6-5-7-15(10-13)26-19(24-8-3-4-9-24)16-11-25(12-17(16)22-26)20(27)18-14(2)21-23-28-18/h3-10H,11-12H2,1-2H3. The van der Waals surface area contributed by atoms with E-state index >= 15 is 0 Å². The predicted octanol–water partition coefficient (Wildman–Crippen LogP) is 3.29. The first-order valence-electron chi connectivity index (χ1n) is 9.01. The minimum atomic E-state index is -0.0361. The average Bonchev–Trinajstić information content (AvgIpc) is 3.44. The molecule has 7 nitrogen and oxygen atoms in total. The molecular weight excluding hydrogens is 372 g/mol. The molecule has 0 unspecified atom stereocenters. The van der Waals surface area contributed by atoms with Gasteiger partial charge in [0.05, 0.1) is 30.2 Å². The van der Waals surface area contributed by atoms with Gasteiger partial charge in [0, 0.05) is 18.0 Å². The van der Waals surface area contributed by atoms with Crippen LogP contribution in [0.25, 0.3) is 11.5 Å². The fourth-order valence-corrected chi connectivity index (χ4v) is 4.22. The number of amides is 1. The van der Waals surface area contributed by atoms with E-state index in [0.29, 0.717) is 23.7 Å². The third-order valence-corrected chi connectivity index (χ3v) is 5.77. The highest BCUT2D eigenvalue weighted by molar-refractivity contribution is 7.07. The van der Waals surface area contributed by atoms with Gasteiger partial charge in [-0.05, 0) is 55.2 Å². The van der Waals surface area contributed by atoms with Crippen LogP contribution in [0, 0.1) is 13.8 Å². The summed E-state index contributed by atoms with van der Waals surface area (Å²) in [5.74, 6) is 0.936. The third kappa shape index (κ3) is 2.65. The Kier molecular flexibility index (Phi) is 3.87. The zero-order valence-electron chi connectivity index (χ0n) is 15.5. The van der Waals surface area contributed by atoms with Gasteiger partial charge in [-0.1, -0.05) is 16.6 Å². The molecule has 0 N–H and O–H groups in total. The van der Waals surface area contributed by atoms with Gasteiger partial charge in [-0.2, -0.15) is 5.10 Å². The molecule has 1 aliphatic heterocycles. The maximum atomic E-state index is 12.9. The van der Waals surface area contributed by atoms with Crippen molar-refractivity contribution in [2.75, 3.05) is 0 Å². The summed E-state index contributed by atoms with van der Waals surface area (Å²) in [6.07, 6.45) is 4.01. The lowest BCUT2D eigenvalue weighted by atomic mass is 10.2. The summed E-state index contributed by atoms with van der Waals surface area (Å²) in [4.78, 5) is 15.3. The molecule has 140 valence electrons. The largest absolute Gasteiger partial charge is 0.327 e. The van der Waals surface area contributed by atoms with E-state index < -0.39 is 0 Å². The van der Waals surface area contributed by atoms with Gasteiger partial charge < -0.3 is 9.47 Å². The van der Waals surface area contributed by atoms with Crippen molar-refractivity contribution < 1.29 is 4.79 Å². The molecule has 0 radical (unpaired) electrons. The van der Waals surface area contributed by atoms with Crippen molar-refractivity contribution >= 4 is 17.4 Å². The van der Waals surface area contributed by atoms with Gasteiger partial charge in [-0.15, -0.1) is 5.10 Å². The Morgan fingerprint density at radius 2 is 1.93 bits per heavy atom. The number of benzene rings is 1. The molecule has 1 aromatic carbocycles. The van der Waals surface area contributed by atoms with Crippen LogP contribution in [0.2, 0.25) is 0 Å². The average molecular weight is 390 g/mol. The highest BCUT2D eigenvalue weighted by Gasteiger charge is 2.33. The highest BCUT2D eigenvalue weighted by atomic mass is 32.1. The van der Waals surface area contributed by atoms with Crippen LogP contribution in [0.15, 0.2) is 48.8 Å². The van der Waals surface area contributed by atoms with Gasteiger partial charge in [0.15, 0.2) is 0 Å². The topological polar surface area (TPSA) is 68.8 Å². The van der Waals surface area contributed by atoms with Gasteiger partial charge in [0.1, 0.15) is 10.7 Å². The SMILES string of the molecule is Cc1cccc(-n2nc3c(c2-n2cccc2)CN(C(=O)c2snnc2C)C3)c1. The van der Waals surface area contributed by atoms with Crippen molar-refractivity contribution in [2.24, 2.45) is 0 Å². The number of carbonyl (C=O) groups is 1. The molecule has 28 heavy (non-hydrogen) atoms. The number of carbonyl (C=O) groups excluding carboxylic acids is 1. The van der Waals surface area contributed by atoms with Crippen molar-refractivity contribution in [2.45, 2.75) is 26.9 Å². The van der Waals surface area contributed by atoms with E-state index in [9.17, 15) is 4.79 Å². The fraction of sp³-hybridized carbons (Fsp3) is 0.200. The summed E-state index contributed by atoms with van der Waals surface area (Å²) in [7, 11) is 0. The maximum absolute atomic E-state index is 12.9. The monoisotopic (exact) mass is 390 g/mol. The Bertz CT molecular complexity index is 1170. The number of fused-ring (bicyclic) bond motifs is 1. The Labute approximate surface area is 166 Å². The number of aromatic nitrogens is 5. The van der Waals surface area contributed by atoms with Crippen LogP contribution in [0.4, 0.5) is 0 Å². The second kappa shape index (κ2) is 6.42. The van der Waals surface area contributed by atoms with Crippen LogP contribution in [0.3, 0.4) is 0 Å². The minimum absolute atomic E-state index is 0.0361. The first kappa shape index (κ1) is 16.9. The van der Waals surface area contributed by atoms with Gasteiger partial charge in [-0.3, -0.25) is 4.79 Å². The molecule has 0 aliphatic carbocycles. The van der Waals surface area contributed by atoms with Crippen molar-refractivity contribution in [3.8, 4) is 11.5 Å². The van der Waals surface area contributed by atoms with E-state index in [1.165, 1.54) is 5.56 Å². The first-order valence-corrected chi connectivity index (χ1v) is 9.78. The smallest absolute Gasteiger partial charge is 0.268 e. The Hall–Kier alpha value is -3.26. The number of rotatable bonds is 3. The molecule has 0 bridgehead atoms. The second-order valence-corrected chi connectivity index (χ2v) is 7.69.